The number of esters is 1. The van der Waals surface area contributed by atoms with Crippen molar-refractivity contribution in [3.05, 3.63) is 23.8 Å². The Labute approximate surface area is 126 Å². The maximum Gasteiger partial charge on any atom is 0.346 e. The molecule has 1 rings (SSSR count). The highest BCUT2D eigenvalue weighted by molar-refractivity contribution is 5.74. The second-order valence-electron chi connectivity index (χ2n) is 5.86. The molecule has 0 aliphatic carbocycles. The van der Waals surface area contributed by atoms with Crippen molar-refractivity contribution in [2.45, 2.75) is 45.9 Å². The predicted molar refractivity (Wildman–Crippen MR) is 81.7 cm³/mol. The summed E-state index contributed by atoms with van der Waals surface area (Å²) in [5.74, 6) is 0.991. The molecule has 0 bridgehead atoms. The van der Waals surface area contributed by atoms with Crippen LogP contribution in [-0.4, -0.2) is 31.8 Å². The fourth-order valence-corrected chi connectivity index (χ4v) is 1.70. The lowest BCUT2D eigenvalue weighted by molar-refractivity contribution is -0.147. The number of nitrogens with one attached hydrogen (secondary N) is 1. The number of hydrogen-bond acceptors (Lipinski definition) is 5. The van der Waals surface area contributed by atoms with Crippen molar-refractivity contribution in [2.24, 2.45) is 0 Å². The second kappa shape index (κ2) is 7.31. The summed E-state index contributed by atoms with van der Waals surface area (Å²) in [5.41, 5.74) is 0.911. The van der Waals surface area contributed by atoms with Crippen molar-refractivity contribution in [2.75, 3.05) is 14.2 Å². The van der Waals surface area contributed by atoms with Gasteiger partial charge in [-0.1, -0.05) is 0 Å². The fraction of sp³-hybridized carbons (Fsp3) is 0.562. The van der Waals surface area contributed by atoms with Gasteiger partial charge in [0.05, 0.1) is 14.2 Å². The fourth-order valence-electron chi connectivity index (χ4n) is 1.70. The third-order valence-corrected chi connectivity index (χ3v) is 2.91. The van der Waals surface area contributed by atoms with E-state index in [0.29, 0.717) is 12.3 Å². The number of rotatable bonds is 6. The van der Waals surface area contributed by atoms with Gasteiger partial charge in [-0.25, -0.2) is 4.79 Å². The Morgan fingerprint density at radius 2 is 1.95 bits per heavy atom. The first-order chi connectivity index (χ1) is 9.76. The van der Waals surface area contributed by atoms with Gasteiger partial charge in [0.15, 0.2) is 6.10 Å². The Morgan fingerprint density at radius 3 is 2.48 bits per heavy atom. The van der Waals surface area contributed by atoms with Crippen LogP contribution in [0.3, 0.4) is 0 Å². The smallest absolute Gasteiger partial charge is 0.346 e. The third-order valence-electron chi connectivity index (χ3n) is 2.91. The van der Waals surface area contributed by atoms with Crippen LogP contribution < -0.4 is 14.8 Å². The number of carbonyl (C=O) groups is 1. The van der Waals surface area contributed by atoms with Crippen LogP contribution in [0, 0.1) is 0 Å². The van der Waals surface area contributed by atoms with E-state index in [0.717, 1.165) is 11.3 Å². The number of benzene rings is 1. The summed E-state index contributed by atoms with van der Waals surface area (Å²) in [6.45, 7) is 8.54. The van der Waals surface area contributed by atoms with E-state index in [1.165, 1.54) is 7.11 Å². The van der Waals surface area contributed by atoms with Gasteiger partial charge in [-0.3, -0.25) is 0 Å². The minimum atomic E-state index is -0.656. The maximum atomic E-state index is 11.5. The van der Waals surface area contributed by atoms with Crippen LogP contribution >= 0.6 is 0 Å². The Balaban J connectivity index is 2.93. The molecule has 0 aromatic heterocycles. The summed E-state index contributed by atoms with van der Waals surface area (Å²) in [5, 5.41) is 3.39. The zero-order chi connectivity index (χ0) is 16.0. The van der Waals surface area contributed by atoms with Crippen molar-refractivity contribution >= 4 is 5.97 Å². The van der Waals surface area contributed by atoms with Crippen LogP contribution in [-0.2, 0) is 16.1 Å². The van der Waals surface area contributed by atoms with Gasteiger partial charge >= 0.3 is 5.97 Å². The second-order valence-corrected chi connectivity index (χ2v) is 5.86. The highest BCUT2D eigenvalue weighted by atomic mass is 16.6. The Morgan fingerprint density at radius 1 is 1.29 bits per heavy atom. The topological polar surface area (TPSA) is 56.8 Å². The Kier molecular flexibility index (Phi) is 6.03. The molecule has 1 aromatic rings. The average Bonchev–Trinajstić information content (AvgIpc) is 2.44. The quantitative estimate of drug-likeness (QED) is 0.817. The summed E-state index contributed by atoms with van der Waals surface area (Å²) >= 11 is 0. The van der Waals surface area contributed by atoms with Crippen LogP contribution in [0.25, 0.3) is 0 Å². The summed E-state index contributed by atoms with van der Waals surface area (Å²) in [7, 11) is 2.96. The average molecular weight is 295 g/mol. The molecular weight excluding hydrogens is 270 g/mol. The zero-order valence-corrected chi connectivity index (χ0v) is 13.6. The molecule has 0 saturated heterocycles. The standard InChI is InChI=1S/C16H25NO4/c1-11(15(18)20-6)21-14-8-7-13(19-5)9-12(14)10-17-16(2,3)4/h7-9,11,17H,10H2,1-6H3. The minimum absolute atomic E-state index is 0.0195. The maximum absolute atomic E-state index is 11.5. The monoisotopic (exact) mass is 295 g/mol. The van der Waals surface area contributed by atoms with Crippen molar-refractivity contribution < 1.29 is 19.0 Å². The van der Waals surface area contributed by atoms with Gasteiger partial charge in [-0.15, -0.1) is 0 Å². The van der Waals surface area contributed by atoms with E-state index in [-0.39, 0.29) is 5.54 Å². The van der Waals surface area contributed by atoms with E-state index in [9.17, 15) is 4.79 Å². The normalized spacial score (nSPS) is 12.7. The molecule has 1 unspecified atom stereocenters. The lowest BCUT2D eigenvalue weighted by Crippen LogP contribution is -2.35. The highest BCUT2D eigenvalue weighted by Crippen LogP contribution is 2.25. The molecule has 1 atom stereocenters. The number of carbonyl (C=O) groups excluding carboxylic acids is 1. The minimum Gasteiger partial charge on any atom is -0.497 e. The molecule has 0 radical (unpaired) electrons. The number of hydrogen-bond donors (Lipinski definition) is 1. The molecule has 1 N–H and O–H groups in total. The molecular formula is C16H25NO4. The molecule has 21 heavy (non-hydrogen) atoms. The van der Waals surface area contributed by atoms with Crippen LogP contribution in [0.15, 0.2) is 18.2 Å². The largest absolute Gasteiger partial charge is 0.497 e. The van der Waals surface area contributed by atoms with Gasteiger partial charge < -0.3 is 19.5 Å². The van der Waals surface area contributed by atoms with E-state index in [2.05, 4.69) is 30.8 Å². The lowest BCUT2D eigenvalue weighted by Gasteiger charge is -2.22. The molecule has 5 heteroatoms. The van der Waals surface area contributed by atoms with Crippen LogP contribution in [0.1, 0.15) is 33.3 Å². The molecule has 0 heterocycles. The predicted octanol–water partition coefficient (Wildman–Crippen LogP) is 2.52. The first-order valence-corrected chi connectivity index (χ1v) is 6.93. The molecule has 0 saturated carbocycles. The van der Waals surface area contributed by atoms with Gasteiger partial charge in [0.25, 0.3) is 0 Å². The Hall–Kier alpha value is -1.75. The first-order valence-electron chi connectivity index (χ1n) is 6.93. The van der Waals surface area contributed by atoms with Crippen molar-refractivity contribution in [1.82, 2.24) is 5.32 Å². The molecule has 0 spiro atoms. The number of methoxy groups -OCH3 is 2. The molecule has 5 nitrogen and oxygen atoms in total. The molecule has 0 amide bonds. The SMILES string of the molecule is COC(=O)C(C)Oc1ccc(OC)cc1CNC(C)(C)C. The van der Waals surface area contributed by atoms with Crippen molar-refractivity contribution in [3.8, 4) is 11.5 Å². The lowest BCUT2D eigenvalue weighted by atomic mass is 10.1. The van der Waals surface area contributed by atoms with E-state index in [1.54, 1.807) is 26.2 Å². The molecule has 118 valence electrons. The van der Waals surface area contributed by atoms with Gasteiger partial charge in [-0.05, 0) is 45.9 Å². The van der Waals surface area contributed by atoms with E-state index in [1.807, 2.05) is 6.07 Å². The number of ether oxygens (including phenoxy) is 3. The van der Waals surface area contributed by atoms with Crippen LogP contribution in [0.5, 0.6) is 11.5 Å². The van der Waals surface area contributed by atoms with E-state index in [4.69, 9.17) is 9.47 Å². The molecule has 0 fully saturated rings. The Bertz CT molecular complexity index is 480. The highest BCUT2D eigenvalue weighted by Gasteiger charge is 2.18. The van der Waals surface area contributed by atoms with E-state index >= 15 is 0 Å². The van der Waals surface area contributed by atoms with Gasteiger partial charge in [0.2, 0.25) is 0 Å². The summed E-state index contributed by atoms with van der Waals surface area (Å²) in [6, 6.07) is 5.51. The molecule has 1 aromatic carbocycles. The van der Waals surface area contributed by atoms with Gasteiger partial charge in [0, 0.05) is 17.6 Å². The molecule has 0 aliphatic rings. The molecule has 0 aliphatic heterocycles. The third kappa shape index (κ3) is 5.63. The van der Waals surface area contributed by atoms with Gasteiger partial charge in [-0.2, -0.15) is 0 Å². The summed E-state index contributed by atoms with van der Waals surface area (Å²) in [6.07, 6.45) is -0.656. The summed E-state index contributed by atoms with van der Waals surface area (Å²) in [4.78, 5) is 11.5. The van der Waals surface area contributed by atoms with Gasteiger partial charge in [0.1, 0.15) is 11.5 Å². The van der Waals surface area contributed by atoms with Crippen LogP contribution in [0.4, 0.5) is 0 Å². The van der Waals surface area contributed by atoms with E-state index < -0.39 is 12.1 Å². The first kappa shape index (κ1) is 17.3. The summed E-state index contributed by atoms with van der Waals surface area (Å²) < 4.78 is 15.6. The van der Waals surface area contributed by atoms with Crippen molar-refractivity contribution in [3.63, 3.8) is 0 Å². The van der Waals surface area contributed by atoms with Crippen LogP contribution in [0.2, 0.25) is 0 Å². The van der Waals surface area contributed by atoms with Crippen molar-refractivity contribution in [1.29, 1.82) is 0 Å². The zero-order valence-electron chi connectivity index (χ0n) is 13.6.